The van der Waals surface area contributed by atoms with Crippen LogP contribution in [0.1, 0.15) is 23.2 Å². The monoisotopic (exact) mass is 246 g/mol. The lowest BCUT2D eigenvalue weighted by atomic mass is 10.1. The molecule has 3 rings (SSSR count). The number of halogens is 1. The second kappa shape index (κ2) is 4.34. The zero-order valence-corrected chi connectivity index (χ0v) is 9.89. The molecule has 3 nitrogen and oxygen atoms in total. The van der Waals surface area contributed by atoms with E-state index in [0.29, 0.717) is 11.7 Å². The highest BCUT2D eigenvalue weighted by Gasteiger charge is 2.26. The second-order valence-corrected chi connectivity index (χ2v) is 4.23. The van der Waals surface area contributed by atoms with Crippen molar-refractivity contribution in [3.63, 3.8) is 0 Å². The minimum atomic E-state index is -0.0874. The summed E-state index contributed by atoms with van der Waals surface area (Å²) in [6.07, 6.45) is 2.46. The van der Waals surface area contributed by atoms with Gasteiger partial charge in [0.05, 0.1) is 11.6 Å². The fourth-order valence-corrected chi connectivity index (χ4v) is 2.12. The summed E-state index contributed by atoms with van der Waals surface area (Å²) in [6.45, 7) is 0. The maximum atomic E-state index is 5.82. The number of hydrogen-bond acceptors (Lipinski definition) is 3. The van der Waals surface area contributed by atoms with Crippen LogP contribution in [0.2, 0.25) is 0 Å². The summed E-state index contributed by atoms with van der Waals surface area (Å²) >= 11 is 5.76. The van der Waals surface area contributed by atoms with E-state index in [-0.39, 0.29) is 6.10 Å². The van der Waals surface area contributed by atoms with E-state index in [2.05, 4.69) is 16.0 Å². The van der Waals surface area contributed by atoms with Gasteiger partial charge >= 0.3 is 0 Å². The molecule has 1 aliphatic heterocycles. The predicted octanol–water partition coefficient (Wildman–Crippen LogP) is 2.89. The van der Waals surface area contributed by atoms with Crippen molar-refractivity contribution in [1.82, 2.24) is 9.97 Å². The van der Waals surface area contributed by atoms with Crippen molar-refractivity contribution in [2.75, 3.05) is 0 Å². The Bertz CT molecular complexity index is 519. The third-order valence-corrected chi connectivity index (χ3v) is 3.08. The van der Waals surface area contributed by atoms with Crippen LogP contribution in [0.15, 0.2) is 36.5 Å². The first-order chi connectivity index (χ1) is 8.36. The summed E-state index contributed by atoms with van der Waals surface area (Å²) in [5, 5.41) is 0. The zero-order valence-electron chi connectivity index (χ0n) is 9.14. The Morgan fingerprint density at radius 1 is 1.29 bits per heavy atom. The van der Waals surface area contributed by atoms with Gasteiger partial charge in [0.1, 0.15) is 5.75 Å². The Hall–Kier alpha value is -1.61. The first-order valence-electron chi connectivity index (χ1n) is 5.49. The van der Waals surface area contributed by atoms with Gasteiger partial charge in [-0.3, -0.25) is 0 Å². The van der Waals surface area contributed by atoms with E-state index >= 15 is 0 Å². The van der Waals surface area contributed by atoms with Gasteiger partial charge in [-0.2, -0.15) is 0 Å². The third kappa shape index (κ3) is 1.98. The molecule has 1 atom stereocenters. The molecule has 86 valence electrons. The fraction of sp³-hybridized carbons (Fsp3) is 0.231. The number of fused-ring (bicyclic) bond motifs is 1. The summed E-state index contributed by atoms with van der Waals surface area (Å²) in [4.78, 5) is 8.65. The smallest absolute Gasteiger partial charge is 0.169 e. The van der Waals surface area contributed by atoms with Crippen molar-refractivity contribution < 1.29 is 4.74 Å². The molecule has 0 saturated carbocycles. The molecule has 0 fully saturated rings. The van der Waals surface area contributed by atoms with Gasteiger partial charge in [0, 0.05) is 12.6 Å². The molecule has 0 saturated heterocycles. The molecular formula is C13H11ClN2O. The molecule has 0 aliphatic carbocycles. The van der Waals surface area contributed by atoms with Crippen molar-refractivity contribution in [2.45, 2.75) is 18.4 Å². The van der Waals surface area contributed by atoms with Crippen molar-refractivity contribution >= 4 is 11.6 Å². The SMILES string of the molecule is ClCc1ccnc([C@H]2Cc3ccccc3O2)n1. The summed E-state index contributed by atoms with van der Waals surface area (Å²) in [5.41, 5.74) is 2.04. The van der Waals surface area contributed by atoms with E-state index in [1.165, 1.54) is 5.56 Å². The van der Waals surface area contributed by atoms with Crippen LogP contribution in [-0.2, 0) is 12.3 Å². The maximum Gasteiger partial charge on any atom is 0.169 e. The van der Waals surface area contributed by atoms with Gasteiger partial charge in [-0.05, 0) is 17.7 Å². The quantitative estimate of drug-likeness (QED) is 0.765. The van der Waals surface area contributed by atoms with Crippen LogP contribution >= 0.6 is 11.6 Å². The number of nitrogens with zero attached hydrogens (tertiary/aromatic N) is 2. The highest BCUT2D eigenvalue weighted by Crippen LogP contribution is 2.34. The van der Waals surface area contributed by atoms with Gasteiger partial charge in [-0.1, -0.05) is 18.2 Å². The summed E-state index contributed by atoms with van der Waals surface area (Å²) < 4.78 is 5.82. The molecule has 2 heterocycles. The highest BCUT2D eigenvalue weighted by molar-refractivity contribution is 6.16. The largest absolute Gasteiger partial charge is 0.482 e. The lowest BCUT2D eigenvalue weighted by Gasteiger charge is -2.09. The van der Waals surface area contributed by atoms with Crippen molar-refractivity contribution in [3.05, 3.63) is 53.6 Å². The highest BCUT2D eigenvalue weighted by atomic mass is 35.5. The van der Waals surface area contributed by atoms with Crippen LogP contribution in [0.25, 0.3) is 0 Å². The zero-order chi connectivity index (χ0) is 11.7. The van der Waals surface area contributed by atoms with Crippen LogP contribution < -0.4 is 4.74 Å². The van der Waals surface area contributed by atoms with Crippen molar-refractivity contribution in [1.29, 1.82) is 0 Å². The fourth-order valence-electron chi connectivity index (χ4n) is 1.97. The first kappa shape index (κ1) is 10.5. The van der Waals surface area contributed by atoms with E-state index in [4.69, 9.17) is 16.3 Å². The van der Waals surface area contributed by atoms with E-state index in [9.17, 15) is 0 Å². The minimum absolute atomic E-state index is 0.0874. The van der Waals surface area contributed by atoms with Gasteiger partial charge in [0.25, 0.3) is 0 Å². The molecular weight excluding hydrogens is 236 g/mol. The third-order valence-electron chi connectivity index (χ3n) is 2.80. The molecule has 2 aromatic rings. The number of aromatic nitrogens is 2. The van der Waals surface area contributed by atoms with E-state index in [1.54, 1.807) is 6.20 Å². The Labute approximate surface area is 104 Å². The minimum Gasteiger partial charge on any atom is -0.482 e. The van der Waals surface area contributed by atoms with Crippen molar-refractivity contribution in [2.24, 2.45) is 0 Å². The van der Waals surface area contributed by atoms with Gasteiger partial charge in [-0.25, -0.2) is 9.97 Å². The topological polar surface area (TPSA) is 35.0 Å². The van der Waals surface area contributed by atoms with Gasteiger partial charge in [0.15, 0.2) is 11.9 Å². The molecule has 0 spiro atoms. The van der Waals surface area contributed by atoms with Crippen LogP contribution in [0.5, 0.6) is 5.75 Å². The Balaban J connectivity index is 1.88. The number of benzene rings is 1. The van der Waals surface area contributed by atoms with Crippen LogP contribution in [0.4, 0.5) is 0 Å². The number of alkyl halides is 1. The Morgan fingerprint density at radius 2 is 2.18 bits per heavy atom. The van der Waals surface area contributed by atoms with Gasteiger partial charge in [-0.15, -0.1) is 11.6 Å². The summed E-state index contributed by atoms with van der Waals surface area (Å²) in [7, 11) is 0. The molecule has 0 radical (unpaired) electrons. The molecule has 0 bridgehead atoms. The average molecular weight is 247 g/mol. The standard InChI is InChI=1S/C13H11ClN2O/c14-8-10-5-6-15-13(16-10)12-7-9-3-1-2-4-11(9)17-12/h1-6,12H,7-8H2/t12-/m1/s1. The first-order valence-corrected chi connectivity index (χ1v) is 6.02. The van der Waals surface area contributed by atoms with E-state index in [0.717, 1.165) is 17.9 Å². The molecule has 1 aromatic heterocycles. The number of ether oxygens (including phenoxy) is 1. The second-order valence-electron chi connectivity index (χ2n) is 3.96. The maximum absolute atomic E-state index is 5.82. The van der Waals surface area contributed by atoms with Crippen LogP contribution in [0.3, 0.4) is 0 Å². The summed E-state index contributed by atoms with van der Waals surface area (Å²) in [6, 6.07) is 9.85. The average Bonchev–Trinajstić information content (AvgIpc) is 2.82. The molecule has 1 aromatic carbocycles. The summed E-state index contributed by atoms with van der Waals surface area (Å²) in [5.74, 6) is 2.03. The van der Waals surface area contributed by atoms with Gasteiger partial charge in [0.2, 0.25) is 0 Å². The van der Waals surface area contributed by atoms with Crippen molar-refractivity contribution in [3.8, 4) is 5.75 Å². The normalized spacial score (nSPS) is 17.6. The lowest BCUT2D eigenvalue weighted by Crippen LogP contribution is -2.09. The molecule has 4 heteroatoms. The Kier molecular flexibility index (Phi) is 2.69. The molecule has 0 unspecified atom stereocenters. The van der Waals surface area contributed by atoms with Gasteiger partial charge < -0.3 is 4.74 Å². The number of para-hydroxylation sites is 1. The number of rotatable bonds is 2. The predicted molar refractivity (Wildman–Crippen MR) is 65.1 cm³/mol. The molecule has 17 heavy (non-hydrogen) atoms. The van der Waals surface area contributed by atoms with Crippen LogP contribution in [0, 0.1) is 0 Å². The van der Waals surface area contributed by atoms with E-state index < -0.39 is 0 Å². The molecule has 0 amide bonds. The number of hydrogen-bond donors (Lipinski definition) is 0. The molecule has 1 aliphatic rings. The van der Waals surface area contributed by atoms with Crippen LogP contribution in [-0.4, -0.2) is 9.97 Å². The lowest BCUT2D eigenvalue weighted by molar-refractivity contribution is 0.227. The Morgan fingerprint density at radius 3 is 3.00 bits per heavy atom. The molecule has 0 N–H and O–H groups in total. The van der Waals surface area contributed by atoms with E-state index in [1.807, 2.05) is 24.3 Å².